The van der Waals surface area contributed by atoms with Gasteiger partial charge in [0.15, 0.2) is 0 Å². The van der Waals surface area contributed by atoms with Crippen LogP contribution < -0.4 is 14.9 Å². The van der Waals surface area contributed by atoms with Crippen LogP contribution in [0.3, 0.4) is 0 Å². The Labute approximate surface area is 159 Å². The molecule has 27 heavy (non-hydrogen) atoms. The molecule has 148 valence electrons. The van der Waals surface area contributed by atoms with Crippen molar-refractivity contribution < 1.29 is 23.1 Å². The number of carboxylic acid groups (broad SMARTS) is 1. The predicted molar refractivity (Wildman–Crippen MR) is 101 cm³/mol. The Bertz CT molecular complexity index is 786. The zero-order valence-corrected chi connectivity index (χ0v) is 15.9. The van der Waals surface area contributed by atoms with Gasteiger partial charge in [-0.25, -0.2) is 13.2 Å². The summed E-state index contributed by atoms with van der Waals surface area (Å²) < 4.78 is 25.3. The highest BCUT2D eigenvalue weighted by molar-refractivity contribution is 7.93. The second-order valence-electron chi connectivity index (χ2n) is 7.12. The average molecular weight is 395 g/mol. The molecule has 1 saturated heterocycles. The Morgan fingerprint density at radius 2 is 1.78 bits per heavy atom. The number of nitrogens with one attached hydrogen (secondary N) is 2. The van der Waals surface area contributed by atoms with E-state index in [9.17, 15) is 18.0 Å². The Morgan fingerprint density at radius 1 is 1.11 bits per heavy atom. The van der Waals surface area contributed by atoms with Gasteiger partial charge in [-0.15, -0.1) is 0 Å². The fourth-order valence-electron chi connectivity index (χ4n) is 3.61. The van der Waals surface area contributed by atoms with E-state index in [1.165, 1.54) is 4.31 Å². The van der Waals surface area contributed by atoms with Crippen molar-refractivity contribution in [2.75, 3.05) is 16.6 Å². The van der Waals surface area contributed by atoms with Gasteiger partial charge in [-0.05, 0) is 49.8 Å². The van der Waals surface area contributed by atoms with Gasteiger partial charge in [0.1, 0.15) is 0 Å². The summed E-state index contributed by atoms with van der Waals surface area (Å²) in [6, 6.07) is 6.85. The van der Waals surface area contributed by atoms with Crippen molar-refractivity contribution >= 4 is 27.7 Å². The largest absolute Gasteiger partial charge is 0.481 e. The van der Waals surface area contributed by atoms with Crippen molar-refractivity contribution in [2.24, 2.45) is 5.92 Å². The van der Waals surface area contributed by atoms with E-state index >= 15 is 0 Å². The molecule has 9 heteroatoms. The van der Waals surface area contributed by atoms with Crippen LogP contribution in [-0.2, 0) is 21.4 Å². The number of rotatable bonds is 5. The van der Waals surface area contributed by atoms with Crippen LogP contribution >= 0.6 is 0 Å². The molecule has 3 N–H and O–H groups in total. The maximum absolute atomic E-state index is 12.0. The summed E-state index contributed by atoms with van der Waals surface area (Å²) in [6.07, 6.45) is 3.15. The van der Waals surface area contributed by atoms with E-state index < -0.39 is 16.0 Å². The molecular formula is C18H25N3O5S. The van der Waals surface area contributed by atoms with Crippen molar-refractivity contribution in [1.82, 2.24) is 10.6 Å². The van der Waals surface area contributed by atoms with Crippen LogP contribution in [0.15, 0.2) is 24.3 Å². The van der Waals surface area contributed by atoms with E-state index in [1.54, 1.807) is 12.1 Å². The first-order chi connectivity index (χ1) is 12.8. The summed E-state index contributed by atoms with van der Waals surface area (Å²) in [7, 11) is -3.19. The van der Waals surface area contributed by atoms with E-state index in [2.05, 4.69) is 10.6 Å². The fourth-order valence-corrected chi connectivity index (χ4v) is 5.18. The Hall–Kier alpha value is -2.29. The van der Waals surface area contributed by atoms with Gasteiger partial charge in [-0.3, -0.25) is 9.10 Å². The summed E-state index contributed by atoms with van der Waals surface area (Å²) in [5, 5.41) is 14.7. The molecular weight excluding hydrogens is 370 g/mol. The first-order valence-electron chi connectivity index (χ1n) is 9.22. The van der Waals surface area contributed by atoms with Crippen LogP contribution in [0.5, 0.6) is 0 Å². The molecule has 0 bridgehead atoms. The molecule has 3 rings (SSSR count). The number of carbonyl (C=O) groups excluding carboxylic acids is 1. The topological polar surface area (TPSA) is 116 Å². The number of sulfonamides is 1. The third-order valence-corrected chi connectivity index (χ3v) is 7.06. The van der Waals surface area contributed by atoms with Gasteiger partial charge in [0.05, 0.1) is 17.4 Å². The lowest BCUT2D eigenvalue weighted by molar-refractivity contribution is -0.142. The molecule has 0 radical (unpaired) electrons. The standard InChI is InChI=1S/C18H25N3O5S/c22-17(23)14-4-6-15(7-5-14)20-18(24)19-12-13-2-8-16(9-3-13)21-10-1-11-27(21,25)26/h2-3,8-9,14-15H,1,4-7,10-12H2,(H,22,23)(H2,19,20,24). The number of urea groups is 1. The van der Waals surface area contributed by atoms with Crippen LogP contribution in [0.25, 0.3) is 0 Å². The highest BCUT2D eigenvalue weighted by Gasteiger charge is 2.28. The van der Waals surface area contributed by atoms with Crippen molar-refractivity contribution in [3.05, 3.63) is 29.8 Å². The van der Waals surface area contributed by atoms with Gasteiger partial charge >= 0.3 is 12.0 Å². The van der Waals surface area contributed by atoms with Crippen molar-refractivity contribution in [3.63, 3.8) is 0 Å². The number of amides is 2. The molecule has 0 atom stereocenters. The fraction of sp³-hybridized carbons (Fsp3) is 0.556. The van der Waals surface area contributed by atoms with Crippen LogP contribution in [-0.4, -0.2) is 43.9 Å². The van der Waals surface area contributed by atoms with E-state index in [1.807, 2.05) is 12.1 Å². The van der Waals surface area contributed by atoms with E-state index in [4.69, 9.17) is 5.11 Å². The lowest BCUT2D eigenvalue weighted by Crippen LogP contribution is -2.43. The predicted octanol–water partition coefficient (Wildman–Crippen LogP) is 1.67. The number of carboxylic acids is 1. The van der Waals surface area contributed by atoms with Crippen LogP contribution in [0, 0.1) is 5.92 Å². The Kier molecular flexibility index (Phi) is 5.88. The Balaban J connectivity index is 1.45. The average Bonchev–Trinajstić information content (AvgIpc) is 3.00. The summed E-state index contributed by atoms with van der Waals surface area (Å²) >= 11 is 0. The molecule has 0 spiro atoms. The van der Waals surface area contributed by atoms with Crippen LogP contribution in [0.2, 0.25) is 0 Å². The highest BCUT2D eigenvalue weighted by Crippen LogP contribution is 2.25. The number of carbonyl (C=O) groups is 2. The third-order valence-electron chi connectivity index (χ3n) is 5.19. The zero-order chi connectivity index (χ0) is 19.4. The molecule has 2 aliphatic rings. The SMILES string of the molecule is O=C(NCc1ccc(N2CCCS2(=O)=O)cc1)NC1CCC(C(=O)O)CC1. The quantitative estimate of drug-likeness (QED) is 0.701. The molecule has 2 fully saturated rings. The first kappa shape index (κ1) is 19.5. The summed E-state index contributed by atoms with van der Waals surface area (Å²) in [4.78, 5) is 23.0. The molecule has 2 amide bonds. The molecule has 8 nitrogen and oxygen atoms in total. The summed E-state index contributed by atoms with van der Waals surface area (Å²) in [5.74, 6) is -0.877. The van der Waals surface area contributed by atoms with Gasteiger partial charge in [-0.2, -0.15) is 0 Å². The molecule has 0 unspecified atom stereocenters. The highest BCUT2D eigenvalue weighted by atomic mass is 32.2. The molecule has 0 aromatic heterocycles. The molecule has 1 saturated carbocycles. The number of hydrogen-bond donors (Lipinski definition) is 3. The number of benzene rings is 1. The first-order valence-corrected chi connectivity index (χ1v) is 10.8. The number of hydrogen-bond acceptors (Lipinski definition) is 4. The van der Waals surface area contributed by atoms with E-state index in [0.717, 1.165) is 5.56 Å². The second kappa shape index (κ2) is 8.16. The third kappa shape index (κ3) is 4.91. The maximum Gasteiger partial charge on any atom is 0.315 e. The lowest BCUT2D eigenvalue weighted by Gasteiger charge is -2.26. The normalized spacial score (nSPS) is 24.4. The number of anilines is 1. The number of aliphatic carboxylic acids is 1. The van der Waals surface area contributed by atoms with Gasteiger partial charge in [-0.1, -0.05) is 12.1 Å². The zero-order valence-electron chi connectivity index (χ0n) is 15.1. The molecule has 1 aliphatic carbocycles. The maximum atomic E-state index is 12.0. The smallest absolute Gasteiger partial charge is 0.315 e. The number of nitrogens with zero attached hydrogens (tertiary/aromatic N) is 1. The minimum absolute atomic E-state index is 0.00310. The van der Waals surface area contributed by atoms with E-state index in [0.29, 0.717) is 50.9 Å². The summed E-state index contributed by atoms with van der Waals surface area (Å²) in [6.45, 7) is 0.843. The van der Waals surface area contributed by atoms with Gasteiger partial charge in [0.2, 0.25) is 10.0 Å². The molecule has 1 aromatic rings. The van der Waals surface area contributed by atoms with Crippen LogP contribution in [0.1, 0.15) is 37.7 Å². The Morgan fingerprint density at radius 3 is 2.33 bits per heavy atom. The summed E-state index contributed by atoms with van der Waals surface area (Å²) in [5.41, 5.74) is 1.52. The molecule has 1 aliphatic heterocycles. The van der Waals surface area contributed by atoms with Crippen LogP contribution in [0.4, 0.5) is 10.5 Å². The lowest BCUT2D eigenvalue weighted by atomic mass is 9.86. The van der Waals surface area contributed by atoms with Gasteiger partial charge < -0.3 is 15.7 Å². The van der Waals surface area contributed by atoms with Gasteiger partial charge in [0.25, 0.3) is 0 Å². The minimum atomic E-state index is -3.19. The van der Waals surface area contributed by atoms with Crippen molar-refractivity contribution in [2.45, 2.75) is 44.7 Å². The second-order valence-corrected chi connectivity index (χ2v) is 9.13. The van der Waals surface area contributed by atoms with Crippen molar-refractivity contribution in [3.8, 4) is 0 Å². The molecule has 1 heterocycles. The monoisotopic (exact) mass is 395 g/mol. The minimum Gasteiger partial charge on any atom is -0.481 e. The van der Waals surface area contributed by atoms with E-state index in [-0.39, 0.29) is 23.7 Å². The molecule has 1 aromatic carbocycles. The van der Waals surface area contributed by atoms with Crippen molar-refractivity contribution in [1.29, 1.82) is 0 Å². The van der Waals surface area contributed by atoms with Gasteiger partial charge in [0, 0.05) is 19.1 Å².